The molecule has 0 atom stereocenters. The molecule has 5 nitrogen and oxygen atoms in total. The number of imide groups is 1. The first kappa shape index (κ1) is 20.9. The van der Waals surface area contributed by atoms with Crippen molar-refractivity contribution < 1.29 is 14.3 Å². The van der Waals surface area contributed by atoms with Crippen LogP contribution in [0, 0.1) is 6.92 Å². The lowest BCUT2D eigenvalue weighted by Gasteiger charge is -2.19. The predicted octanol–water partition coefficient (Wildman–Crippen LogP) is 5.04. The van der Waals surface area contributed by atoms with E-state index < -0.39 is 0 Å². The van der Waals surface area contributed by atoms with Crippen molar-refractivity contribution in [3.05, 3.63) is 64.3 Å². The highest BCUT2D eigenvalue weighted by Crippen LogP contribution is 2.33. The zero-order valence-electron chi connectivity index (χ0n) is 17.1. The van der Waals surface area contributed by atoms with Crippen LogP contribution in [0.15, 0.2) is 48.2 Å². The second-order valence-electron chi connectivity index (χ2n) is 7.28. The number of anilines is 1. The Hall–Kier alpha value is -2.79. The van der Waals surface area contributed by atoms with E-state index in [4.69, 9.17) is 16.3 Å². The Labute approximate surface area is 176 Å². The monoisotopic (exact) mass is 412 g/mol. The van der Waals surface area contributed by atoms with Crippen molar-refractivity contribution in [1.29, 1.82) is 0 Å². The second kappa shape index (κ2) is 8.70. The molecule has 1 N–H and O–H groups in total. The maximum atomic E-state index is 13.1. The first-order valence-corrected chi connectivity index (χ1v) is 10.1. The summed E-state index contributed by atoms with van der Waals surface area (Å²) in [6.07, 6.45) is 0.913. The zero-order valence-corrected chi connectivity index (χ0v) is 17.8. The molecular formula is C23H25ClN2O3. The van der Waals surface area contributed by atoms with Crippen molar-refractivity contribution >= 4 is 34.7 Å². The van der Waals surface area contributed by atoms with E-state index in [1.165, 1.54) is 4.90 Å². The first-order valence-electron chi connectivity index (χ1n) is 9.72. The van der Waals surface area contributed by atoms with Crippen LogP contribution in [-0.2, 0) is 9.59 Å². The maximum absolute atomic E-state index is 13.1. The van der Waals surface area contributed by atoms with Crippen LogP contribution in [0.5, 0.6) is 5.75 Å². The summed E-state index contributed by atoms with van der Waals surface area (Å²) in [5.41, 5.74) is 2.89. The Morgan fingerprint density at radius 3 is 2.38 bits per heavy atom. The number of hydrogen-bond acceptors (Lipinski definition) is 4. The van der Waals surface area contributed by atoms with Crippen molar-refractivity contribution in [2.45, 2.75) is 40.2 Å². The number of nitrogens with zero attached hydrogens (tertiary/aromatic N) is 1. The molecule has 2 amide bonds. The lowest BCUT2D eigenvalue weighted by Crippen LogP contribution is -2.38. The first-order chi connectivity index (χ1) is 13.8. The summed E-state index contributed by atoms with van der Waals surface area (Å²) in [5, 5.41) is 3.72. The number of aryl methyl sites for hydroxylation is 1. The number of hydrogen-bond donors (Lipinski definition) is 1. The molecule has 2 aromatic rings. The molecular weight excluding hydrogens is 388 g/mol. The Bertz CT molecular complexity index is 965. The van der Waals surface area contributed by atoms with Crippen molar-refractivity contribution in [3.63, 3.8) is 0 Å². The van der Waals surface area contributed by atoms with Gasteiger partial charge in [-0.1, -0.05) is 36.7 Å². The van der Waals surface area contributed by atoms with Crippen LogP contribution in [0.2, 0.25) is 5.02 Å². The van der Waals surface area contributed by atoms with Crippen LogP contribution in [-0.4, -0.2) is 29.4 Å². The molecule has 152 valence electrons. The number of nitrogens with one attached hydrogen (secondary N) is 1. The van der Waals surface area contributed by atoms with Gasteiger partial charge in [-0.15, -0.1) is 0 Å². The minimum absolute atomic E-state index is 0.253. The van der Waals surface area contributed by atoms with Crippen molar-refractivity contribution in [2.24, 2.45) is 0 Å². The van der Waals surface area contributed by atoms with E-state index in [1.54, 1.807) is 12.1 Å². The Kier molecular flexibility index (Phi) is 6.28. The van der Waals surface area contributed by atoms with Gasteiger partial charge >= 0.3 is 0 Å². The van der Waals surface area contributed by atoms with Gasteiger partial charge in [0, 0.05) is 16.8 Å². The highest BCUT2D eigenvalue weighted by molar-refractivity contribution is 6.36. The number of carbonyl (C=O) groups is 2. The topological polar surface area (TPSA) is 58.6 Å². The van der Waals surface area contributed by atoms with Gasteiger partial charge in [0.05, 0.1) is 12.2 Å². The lowest BCUT2D eigenvalue weighted by molar-refractivity contribution is -0.138. The summed E-state index contributed by atoms with van der Waals surface area (Å²) in [6.45, 7) is 8.23. The molecule has 0 unspecified atom stereocenters. The molecule has 3 rings (SSSR count). The quantitative estimate of drug-likeness (QED) is 0.647. The number of amides is 2. The van der Waals surface area contributed by atoms with E-state index in [1.807, 2.05) is 58.0 Å². The predicted molar refractivity (Wildman–Crippen MR) is 116 cm³/mol. The second-order valence-corrected chi connectivity index (χ2v) is 7.72. The molecule has 1 aliphatic rings. The van der Waals surface area contributed by atoms with Gasteiger partial charge in [-0.2, -0.15) is 0 Å². The van der Waals surface area contributed by atoms with Crippen LogP contribution < -0.4 is 10.1 Å². The molecule has 29 heavy (non-hydrogen) atoms. The Balaban J connectivity index is 2.05. The number of benzene rings is 2. The lowest BCUT2D eigenvalue weighted by atomic mass is 10.0. The minimum atomic E-state index is -0.342. The third-order valence-corrected chi connectivity index (χ3v) is 4.94. The van der Waals surface area contributed by atoms with Gasteiger partial charge in [0.15, 0.2) is 0 Å². The Morgan fingerprint density at radius 1 is 1.07 bits per heavy atom. The van der Waals surface area contributed by atoms with Crippen LogP contribution in [0.3, 0.4) is 0 Å². The fourth-order valence-electron chi connectivity index (χ4n) is 3.20. The van der Waals surface area contributed by atoms with E-state index in [2.05, 4.69) is 5.32 Å². The van der Waals surface area contributed by atoms with E-state index in [0.717, 1.165) is 17.7 Å². The summed E-state index contributed by atoms with van der Waals surface area (Å²) in [4.78, 5) is 27.5. The Morgan fingerprint density at radius 2 is 1.76 bits per heavy atom. The third kappa shape index (κ3) is 4.30. The van der Waals surface area contributed by atoms with Gasteiger partial charge in [0.2, 0.25) is 0 Å². The van der Waals surface area contributed by atoms with E-state index in [9.17, 15) is 9.59 Å². The van der Waals surface area contributed by atoms with Gasteiger partial charge in [-0.3, -0.25) is 14.5 Å². The van der Waals surface area contributed by atoms with E-state index >= 15 is 0 Å². The van der Waals surface area contributed by atoms with Gasteiger partial charge < -0.3 is 10.1 Å². The standard InChI is InChI=1S/C23H25ClN2O3/c1-5-12-29-18-10-7-16(8-11-18)20-21(23(28)26(14(2)3)22(20)27)25-19-13-17(24)9-6-15(19)4/h6-11,13-14,25H,5,12H2,1-4H3. The molecule has 0 bridgehead atoms. The number of halogens is 1. The summed E-state index contributed by atoms with van der Waals surface area (Å²) in [5.74, 6) is 0.0778. The smallest absolute Gasteiger partial charge is 0.278 e. The summed E-state index contributed by atoms with van der Waals surface area (Å²) in [6, 6.07) is 12.4. The zero-order chi connectivity index (χ0) is 21.1. The minimum Gasteiger partial charge on any atom is -0.494 e. The van der Waals surface area contributed by atoms with Gasteiger partial charge in [0.1, 0.15) is 11.4 Å². The van der Waals surface area contributed by atoms with E-state index in [0.29, 0.717) is 28.5 Å². The highest BCUT2D eigenvalue weighted by atomic mass is 35.5. The number of ether oxygens (including phenoxy) is 1. The number of rotatable bonds is 7. The van der Waals surface area contributed by atoms with Crippen LogP contribution in [0.1, 0.15) is 38.3 Å². The normalized spacial score (nSPS) is 14.2. The third-order valence-electron chi connectivity index (χ3n) is 4.71. The molecule has 0 fully saturated rings. The van der Waals surface area contributed by atoms with Crippen LogP contribution in [0.25, 0.3) is 5.57 Å². The molecule has 0 aliphatic carbocycles. The molecule has 6 heteroatoms. The molecule has 0 aromatic heterocycles. The number of carbonyl (C=O) groups excluding carboxylic acids is 2. The van der Waals surface area contributed by atoms with Gasteiger partial charge in [-0.25, -0.2) is 0 Å². The summed E-state index contributed by atoms with van der Waals surface area (Å²) < 4.78 is 5.62. The molecule has 0 spiro atoms. The fraction of sp³-hybridized carbons (Fsp3) is 0.304. The van der Waals surface area contributed by atoms with Crippen molar-refractivity contribution in [3.8, 4) is 5.75 Å². The largest absolute Gasteiger partial charge is 0.494 e. The van der Waals surface area contributed by atoms with Crippen LogP contribution in [0.4, 0.5) is 5.69 Å². The fourth-order valence-corrected chi connectivity index (χ4v) is 3.37. The van der Waals surface area contributed by atoms with Gasteiger partial charge in [0.25, 0.3) is 11.8 Å². The van der Waals surface area contributed by atoms with Crippen molar-refractivity contribution in [2.75, 3.05) is 11.9 Å². The van der Waals surface area contributed by atoms with Gasteiger partial charge in [-0.05, 0) is 62.6 Å². The SMILES string of the molecule is CCCOc1ccc(C2=C(Nc3cc(Cl)ccc3C)C(=O)N(C(C)C)C2=O)cc1. The summed E-state index contributed by atoms with van der Waals surface area (Å²) >= 11 is 6.13. The summed E-state index contributed by atoms with van der Waals surface area (Å²) in [7, 11) is 0. The molecule has 2 aromatic carbocycles. The highest BCUT2D eigenvalue weighted by Gasteiger charge is 2.40. The average molecular weight is 413 g/mol. The van der Waals surface area contributed by atoms with Crippen LogP contribution >= 0.6 is 11.6 Å². The molecule has 0 saturated carbocycles. The molecule has 1 aliphatic heterocycles. The van der Waals surface area contributed by atoms with E-state index in [-0.39, 0.29) is 23.6 Å². The molecule has 0 radical (unpaired) electrons. The molecule has 1 heterocycles. The maximum Gasteiger partial charge on any atom is 0.278 e. The average Bonchev–Trinajstić information content (AvgIpc) is 2.93. The molecule has 0 saturated heterocycles. The van der Waals surface area contributed by atoms with Crippen molar-refractivity contribution in [1.82, 2.24) is 4.90 Å².